The zero-order valence-corrected chi connectivity index (χ0v) is 12.0. The van der Waals surface area contributed by atoms with Crippen molar-refractivity contribution in [3.8, 4) is 17.2 Å². The van der Waals surface area contributed by atoms with E-state index in [4.69, 9.17) is 14.2 Å². The van der Waals surface area contributed by atoms with Gasteiger partial charge in [0.15, 0.2) is 11.5 Å². The number of methoxy groups -OCH3 is 1. The van der Waals surface area contributed by atoms with E-state index >= 15 is 0 Å². The number of hydrogen-bond donors (Lipinski definition) is 1. The molecule has 0 atom stereocenters. The topological polar surface area (TPSA) is 39.7 Å². The highest BCUT2D eigenvalue weighted by molar-refractivity contribution is 5.55. The van der Waals surface area contributed by atoms with E-state index in [2.05, 4.69) is 19.2 Å². The molecular formula is C15H23NO3. The summed E-state index contributed by atoms with van der Waals surface area (Å²) < 4.78 is 16.1. The van der Waals surface area contributed by atoms with Gasteiger partial charge in [0.05, 0.1) is 7.11 Å². The number of rotatable bonds is 7. The van der Waals surface area contributed by atoms with Crippen molar-refractivity contribution in [2.24, 2.45) is 5.92 Å². The van der Waals surface area contributed by atoms with Crippen LogP contribution in [0.2, 0.25) is 0 Å². The Morgan fingerprint density at radius 1 is 1.32 bits per heavy atom. The Kier molecular flexibility index (Phi) is 4.91. The first kappa shape index (κ1) is 14.0. The van der Waals surface area contributed by atoms with E-state index in [0.29, 0.717) is 5.75 Å². The molecule has 4 heteroatoms. The third-order valence-corrected chi connectivity index (χ3v) is 3.18. The van der Waals surface area contributed by atoms with E-state index in [1.54, 1.807) is 7.11 Å². The first-order chi connectivity index (χ1) is 9.20. The summed E-state index contributed by atoms with van der Waals surface area (Å²) in [6, 6.07) is 4.02. The van der Waals surface area contributed by atoms with Crippen molar-refractivity contribution in [2.75, 3.05) is 20.4 Å². The summed E-state index contributed by atoms with van der Waals surface area (Å²) in [5.41, 5.74) is 1.16. The van der Waals surface area contributed by atoms with Crippen LogP contribution in [0.25, 0.3) is 0 Å². The lowest BCUT2D eigenvalue weighted by atomic mass is 10.1. The van der Waals surface area contributed by atoms with Gasteiger partial charge < -0.3 is 19.5 Å². The molecule has 1 aromatic carbocycles. The Morgan fingerprint density at radius 3 is 2.89 bits per heavy atom. The second-order valence-corrected chi connectivity index (χ2v) is 5.24. The lowest BCUT2D eigenvalue weighted by molar-refractivity contribution is 0.171. The fourth-order valence-corrected chi connectivity index (χ4v) is 2.15. The normalized spacial score (nSPS) is 13.1. The Hall–Kier alpha value is -1.42. The molecular weight excluding hydrogens is 242 g/mol. The molecule has 19 heavy (non-hydrogen) atoms. The van der Waals surface area contributed by atoms with Gasteiger partial charge in [0.1, 0.15) is 0 Å². The van der Waals surface area contributed by atoms with E-state index in [1.807, 2.05) is 12.1 Å². The zero-order valence-electron chi connectivity index (χ0n) is 12.0. The first-order valence-electron chi connectivity index (χ1n) is 6.88. The van der Waals surface area contributed by atoms with Gasteiger partial charge in [-0.3, -0.25) is 0 Å². The Bertz CT molecular complexity index is 418. The van der Waals surface area contributed by atoms with E-state index in [-0.39, 0.29) is 6.79 Å². The van der Waals surface area contributed by atoms with Gasteiger partial charge in [0.2, 0.25) is 12.5 Å². The highest BCUT2D eigenvalue weighted by atomic mass is 16.7. The lowest BCUT2D eigenvalue weighted by Crippen LogP contribution is -2.15. The van der Waals surface area contributed by atoms with Crippen LogP contribution in [0.15, 0.2) is 12.1 Å². The molecule has 0 bridgehead atoms. The maximum absolute atomic E-state index is 5.41. The van der Waals surface area contributed by atoms with Crippen molar-refractivity contribution < 1.29 is 14.2 Å². The lowest BCUT2D eigenvalue weighted by Gasteiger charge is -2.10. The van der Waals surface area contributed by atoms with Crippen LogP contribution in [0.5, 0.6) is 17.2 Å². The average molecular weight is 265 g/mol. The van der Waals surface area contributed by atoms with Gasteiger partial charge in [-0.15, -0.1) is 0 Å². The third-order valence-electron chi connectivity index (χ3n) is 3.18. The first-order valence-corrected chi connectivity index (χ1v) is 6.88. The second-order valence-electron chi connectivity index (χ2n) is 5.24. The maximum Gasteiger partial charge on any atom is 0.231 e. The number of ether oxygens (including phenoxy) is 3. The van der Waals surface area contributed by atoms with Crippen LogP contribution >= 0.6 is 0 Å². The van der Waals surface area contributed by atoms with Crippen molar-refractivity contribution in [1.29, 1.82) is 0 Å². The monoisotopic (exact) mass is 265 g/mol. The van der Waals surface area contributed by atoms with Crippen molar-refractivity contribution in [3.63, 3.8) is 0 Å². The molecule has 0 fully saturated rings. The fourth-order valence-electron chi connectivity index (χ4n) is 2.15. The molecule has 0 aliphatic carbocycles. The summed E-state index contributed by atoms with van der Waals surface area (Å²) in [6.07, 6.45) is 2.47. The van der Waals surface area contributed by atoms with Crippen LogP contribution in [0.3, 0.4) is 0 Å². The fraction of sp³-hybridized carbons (Fsp3) is 0.600. The number of nitrogens with one attached hydrogen (secondary N) is 1. The summed E-state index contributed by atoms with van der Waals surface area (Å²) in [7, 11) is 1.65. The van der Waals surface area contributed by atoms with E-state index < -0.39 is 0 Å². The van der Waals surface area contributed by atoms with Crippen molar-refractivity contribution in [2.45, 2.75) is 33.2 Å². The standard InChI is InChI=1S/C15H23NO3/c1-11(2)5-4-6-16-9-12-7-13(17-3)15-14(8-12)18-10-19-15/h7-8,11,16H,4-6,9-10H2,1-3H3. The predicted molar refractivity (Wildman–Crippen MR) is 74.9 cm³/mol. The Morgan fingerprint density at radius 2 is 2.16 bits per heavy atom. The van der Waals surface area contributed by atoms with E-state index in [1.165, 1.54) is 12.8 Å². The van der Waals surface area contributed by atoms with Crippen LogP contribution in [-0.4, -0.2) is 20.4 Å². The molecule has 1 N–H and O–H groups in total. The summed E-state index contributed by atoms with van der Waals surface area (Å²) in [6.45, 7) is 6.64. The molecule has 0 unspecified atom stereocenters. The maximum atomic E-state index is 5.41. The van der Waals surface area contributed by atoms with Crippen LogP contribution in [0.4, 0.5) is 0 Å². The number of fused-ring (bicyclic) bond motifs is 1. The third kappa shape index (κ3) is 3.77. The van der Waals surface area contributed by atoms with Gasteiger partial charge in [-0.05, 0) is 43.0 Å². The zero-order chi connectivity index (χ0) is 13.7. The molecule has 0 saturated carbocycles. The van der Waals surface area contributed by atoms with Crippen LogP contribution in [-0.2, 0) is 6.54 Å². The molecule has 0 saturated heterocycles. The molecule has 0 radical (unpaired) electrons. The quantitative estimate of drug-likeness (QED) is 0.769. The molecule has 1 aliphatic heterocycles. The molecule has 0 amide bonds. The molecule has 4 nitrogen and oxygen atoms in total. The summed E-state index contributed by atoms with van der Waals surface area (Å²) in [5, 5.41) is 3.45. The van der Waals surface area contributed by atoms with Crippen LogP contribution < -0.4 is 19.5 Å². The molecule has 1 heterocycles. The van der Waals surface area contributed by atoms with E-state index in [0.717, 1.165) is 36.1 Å². The van der Waals surface area contributed by atoms with Gasteiger partial charge in [-0.1, -0.05) is 13.8 Å². The van der Waals surface area contributed by atoms with Crippen molar-refractivity contribution >= 4 is 0 Å². The summed E-state index contributed by atoms with van der Waals surface area (Å²) in [4.78, 5) is 0. The molecule has 0 aromatic heterocycles. The number of benzene rings is 1. The van der Waals surface area contributed by atoms with Gasteiger partial charge in [-0.2, -0.15) is 0 Å². The summed E-state index contributed by atoms with van der Waals surface area (Å²) in [5.74, 6) is 3.01. The minimum atomic E-state index is 0.275. The van der Waals surface area contributed by atoms with Crippen LogP contribution in [0.1, 0.15) is 32.3 Å². The molecule has 0 spiro atoms. The minimum absolute atomic E-state index is 0.275. The molecule has 106 valence electrons. The molecule has 1 aromatic rings. The van der Waals surface area contributed by atoms with Crippen molar-refractivity contribution in [1.82, 2.24) is 5.32 Å². The largest absolute Gasteiger partial charge is 0.493 e. The summed E-state index contributed by atoms with van der Waals surface area (Å²) >= 11 is 0. The second kappa shape index (κ2) is 6.66. The van der Waals surface area contributed by atoms with Gasteiger partial charge in [0, 0.05) is 6.54 Å². The molecule has 1 aliphatic rings. The smallest absolute Gasteiger partial charge is 0.231 e. The Labute approximate surface area is 115 Å². The van der Waals surface area contributed by atoms with Gasteiger partial charge in [0.25, 0.3) is 0 Å². The average Bonchev–Trinajstić information content (AvgIpc) is 2.85. The van der Waals surface area contributed by atoms with Crippen molar-refractivity contribution in [3.05, 3.63) is 17.7 Å². The predicted octanol–water partition coefficient (Wildman–Crippen LogP) is 2.95. The van der Waals surface area contributed by atoms with Gasteiger partial charge >= 0.3 is 0 Å². The minimum Gasteiger partial charge on any atom is -0.493 e. The SMILES string of the molecule is COc1cc(CNCCCC(C)C)cc2c1OCO2. The molecule has 2 rings (SSSR count). The Balaban J connectivity index is 1.87. The highest BCUT2D eigenvalue weighted by Crippen LogP contribution is 2.41. The van der Waals surface area contributed by atoms with Gasteiger partial charge in [-0.25, -0.2) is 0 Å². The van der Waals surface area contributed by atoms with E-state index in [9.17, 15) is 0 Å². The number of hydrogen-bond acceptors (Lipinski definition) is 4. The highest BCUT2D eigenvalue weighted by Gasteiger charge is 2.19. The van der Waals surface area contributed by atoms with Crippen LogP contribution in [0, 0.1) is 5.92 Å².